The molecule has 1 heterocycles. The third-order valence-corrected chi connectivity index (χ3v) is 5.44. The summed E-state index contributed by atoms with van der Waals surface area (Å²) in [6.07, 6.45) is -3.95. The molecule has 1 N–H and O–H groups in total. The number of nitrogens with zero attached hydrogens (tertiary/aromatic N) is 2. The van der Waals surface area contributed by atoms with Crippen molar-refractivity contribution in [2.45, 2.75) is 19.0 Å². The van der Waals surface area contributed by atoms with Crippen LogP contribution < -0.4 is 10.1 Å². The first-order chi connectivity index (χ1) is 15.7. The molecule has 6 nitrogen and oxygen atoms in total. The fraction of sp³-hybridized carbons (Fsp3) is 0.391. The summed E-state index contributed by atoms with van der Waals surface area (Å²) in [7, 11) is 1.38. The van der Waals surface area contributed by atoms with Gasteiger partial charge in [0.05, 0.1) is 24.9 Å². The highest BCUT2D eigenvalue weighted by atomic mass is 19.4. The van der Waals surface area contributed by atoms with Gasteiger partial charge in [0, 0.05) is 32.6 Å². The highest BCUT2D eigenvalue weighted by Gasteiger charge is 2.33. The number of halogens is 4. The first-order valence-electron chi connectivity index (χ1n) is 10.5. The molecule has 10 heteroatoms. The lowest BCUT2D eigenvalue weighted by molar-refractivity contribution is -0.137. The van der Waals surface area contributed by atoms with Crippen molar-refractivity contribution in [1.29, 1.82) is 0 Å². The van der Waals surface area contributed by atoms with Crippen molar-refractivity contribution in [3.63, 3.8) is 0 Å². The lowest BCUT2D eigenvalue weighted by Crippen LogP contribution is -2.50. The van der Waals surface area contributed by atoms with Gasteiger partial charge in [0.25, 0.3) is 0 Å². The van der Waals surface area contributed by atoms with Crippen molar-refractivity contribution in [3.05, 3.63) is 59.4 Å². The monoisotopic (exact) mass is 467 g/mol. The van der Waals surface area contributed by atoms with Gasteiger partial charge in [0.1, 0.15) is 0 Å². The SMILES string of the molecule is COc1ccc(CCC(=O)N2CCN(CC(=O)Nc3ccccc3C(F)(F)F)CC2)cc1F. The van der Waals surface area contributed by atoms with E-state index >= 15 is 0 Å². The van der Waals surface area contributed by atoms with Crippen LogP contribution in [0.25, 0.3) is 0 Å². The molecule has 0 aromatic heterocycles. The summed E-state index contributed by atoms with van der Waals surface area (Å²) < 4.78 is 57.9. The van der Waals surface area contributed by atoms with Crippen molar-refractivity contribution < 1.29 is 31.9 Å². The van der Waals surface area contributed by atoms with E-state index in [2.05, 4.69) is 5.32 Å². The molecule has 2 amide bonds. The number of alkyl halides is 3. The largest absolute Gasteiger partial charge is 0.494 e. The second-order valence-corrected chi connectivity index (χ2v) is 7.72. The molecule has 0 radical (unpaired) electrons. The second-order valence-electron chi connectivity index (χ2n) is 7.72. The molecule has 0 saturated carbocycles. The molecular weight excluding hydrogens is 442 g/mol. The highest BCUT2D eigenvalue weighted by Crippen LogP contribution is 2.34. The number of para-hydroxylation sites is 1. The molecule has 0 bridgehead atoms. The number of nitrogens with one attached hydrogen (secondary N) is 1. The number of piperazine rings is 1. The fourth-order valence-corrected chi connectivity index (χ4v) is 3.66. The van der Waals surface area contributed by atoms with Crippen LogP contribution in [0.5, 0.6) is 5.75 Å². The van der Waals surface area contributed by atoms with E-state index in [-0.39, 0.29) is 30.3 Å². The lowest BCUT2D eigenvalue weighted by atomic mass is 10.1. The van der Waals surface area contributed by atoms with E-state index in [1.54, 1.807) is 15.9 Å². The third-order valence-electron chi connectivity index (χ3n) is 5.44. The number of amides is 2. The molecule has 0 aliphatic carbocycles. The molecule has 3 rings (SSSR count). The molecule has 0 unspecified atom stereocenters. The Labute approximate surface area is 189 Å². The maximum atomic E-state index is 13.8. The number of anilines is 1. The summed E-state index contributed by atoms with van der Waals surface area (Å²) in [6, 6.07) is 9.40. The van der Waals surface area contributed by atoms with Gasteiger partial charge in [0.15, 0.2) is 11.6 Å². The number of aryl methyl sites for hydroxylation is 1. The maximum absolute atomic E-state index is 13.8. The van der Waals surface area contributed by atoms with Crippen molar-refractivity contribution in [1.82, 2.24) is 9.80 Å². The molecule has 0 spiro atoms. The average Bonchev–Trinajstić information content (AvgIpc) is 2.77. The van der Waals surface area contributed by atoms with Gasteiger partial charge in [0.2, 0.25) is 11.8 Å². The van der Waals surface area contributed by atoms with Gasteiger partial charge in [-0.05, 0) is 36.2 Å². The Morgan fingerprint density at radius 1 is 1.06 bits per heavy atom. The zero-order valence-corrected chi connectivity index (χ0v) is 18.1. The van der Waals surface area contributed by atoms with Crippen molar-refractivity contribution in [3.8, 4) is 5.75 Å². The van der Waals surface area contributed by atoms with E-state index < -0.39 is 23.5 Å². The van der Waals surface area contributed by atoms with E-state index in [0.29, 0.717) is 38.2 Å². The zero-order valence-electron chi connectivity index (χ0n) is 18.1. The predicted molar refractivity (Wildman–Crippen MR) is 114 cm³/mol. The minimum atomic E-state index is -4.56. The highest BCUT2D eigenvalue weighted by molar-refractivity contribution is 5.93. The number of hydrogen-bond donors (Lipinski definition) is 1. The Balaban J connectivity index is 1.45. The van der Waals surface area contributed by atoms with Gasteiger partial charge >= 0.3 is 6.18 Å². The van der Waals surface area contributed by atoms with E-state index in [0.717, 1.165) is 6.07 Å². The Kier molecular flexibility index (Phi) is 7.91. The number of hydrogen-bond acceptors (Lipinski definition) is 4. The second kappa shape index (κ2) is 10.7. The summed E-state index contributed by atoms with van der Waals surface area (Å²) >= 11 is 0. The van der Waals surface area contributed by atoms with E-state index in [4.69, 9.17) is 4.74 Å². The van der Waals surface area contributed by atoms with Crippen molar-refractivity contribution in [2.24, 2.45) is 0 Å². The minimum Gasteiger partial charge on any atom is -0.494 e. The Bertz CT molecular complexity index is 989. The number of carbonyl (C=O) groups excluding carboxylic acids is 2. The zero-order chi connectivity index (χ0) is 24.0. The van der Waals surface area contributed by atoms with Gasteiger partial charge in [-0.15, -0.1) is 0 Å². The number of carbonyl (C=O) groups is 2. The van der Waals surface area contributed by atoms with Gasteiger partial charge < -0.3 is 15.0 Å². The average molecular weight is 467 g/mol. The summed E-state index contributed by atoms with van der Waals surface area (Å²) in [5, 5.41) is 2.33. The fourth-order valence-electron chi connectivity index (χ4n) is 3.66. The van der Waals surface area contributed by atoms with Crippen LogP contribution in [-0.2, 0) is 22.2 Å². The molecule has 178 valence electrons. The van der Waals surface area contributed by atoms with Crippen LogP contribution in [0.3, 0.4) is 0 Å². The minimum absolute atomic E-state index is 0.0701. The van der Waals surface area contributed by atoms with Crippen LogP contribution in [0.1, 0.15) is 17.5 Å². The van der Waals surface area contributed by atoms with Crippen LogP contribution >= 0.6 is 0 Å². The smallest absolute Gasteiger partial charge is 0.418 e. The molecule has 1 fully saturated rings. The van der Waals surface area contributed by atoms with Crippen LogP contribution in [0.4, 0.5) is 23.2 Å². The summed E-state index contributed by atoms with van der Waals surface area (Å²) in [4.78, 5) is 28.2. The molecule has 2 aromatic rings. The molecular formula is C23H25F4N3O3. The molecule has 0 atom stereocenters. The first-order valence-corrected chi connectivity index (χ1v) is 10.5. The normalized spacial score (nSPS) is 14.8. The topological polar surface area (TPSA) is 61.9 Å². The van der Waals surface area contributed by atoms with Gasteiger partial charge in [-0.3, -0.25) is 14.5 Å². The van der Waals surface area contributed by atoms with Crippen LogP contribution in [-0.4, -0.2) is 61.4 Å². The van der Waals surface area contributed by atoms with Gasteiger partial charge in [-0.2, -0.15) is 13.2 Å². The Morgan fingerprint density at radius 3 is 2.39 bits per heavy atom. The summed E-state index contributed by atoms with van der Waals surface area (Å²) in [6.45, 7) is 1.60. The lowest BCUT2D eigenvalue weighted by Gasteiger charge is -2.34. The Morgan fingerprint density at radius 2 is 1.76 bits per heavy atom. The van der Waals surface area contributed by atoms with E-state index in [9.17, 15) is 27.2 Å². The molecule has 2 aromatic carbocycles. The number of rotatable bonds is 7. The summed E-state index contributed by atoms with van der Waals surface area (Å²) in [5.41, 5.74) is -0.486. The number of ether oxygens (including phenoxy) is 1. The number of benzene rings is 2. The molecule has 1 aliphatic heterocycles. The van der Waals surface area contributed by atoms with Crippen molar-refractivity contribution >= 4 is 17.5 Å². The predicted octanol–water partition coefficient (Wildman–Crippen LogP) is 3.57. The third kappa shape index (κ3) is 6.67. The number of methoxy groups -OCH3 is 1. The first kappa shape index (κ1) is 24.5. The van der Waals surface area contributed by atoms with Crippen LogP contribution in [0.15, 0.2) is 42.5 Å². The van der Waals surface area contributed by atoms with Gasteiger partial charge in [-0.1, -0.05) is 18.2 Å². The quantitative estimate of drug-likeness (QED) is 0.633. The Hall–Kier alpha value is -3.14. The standard InChI is InChI=1S/C23H25F4N3O3/c1-33-20-8-6-16(14-18(20)24)7-9-22(32)30-12-10-29(11-13-30)15-21(31)28-19-5-3-2-4-17(19)23(25,26)27/h2-6,8,14H,7,9-13,15H2,1H3,(H,28,31). The summed E-state index contributed by atoms with van der Waals surface area (Å²) in [5.74, 6) is -0.957. The van der Waals surface area contributed by atoms with E-state index in [1.165, 1.54) is 37.4 Å². The van der Waals surface area contributed by atoms with Crippen LogP contribution in [0, 0.1) is 5.82 Å². The van der Waals surface area contributed by atoms with Crippen molar-refractivity contribution in [2.75, 3.05) is 45.2 Å². The van der Waals surface area contributed by atoms with E-state index in [1.807, 2.05) is 0 Å². The maximum Gasteiger partial charge on any atom is 0.418 e. The molecule has 33 heavy (non-hydrogen) atoms. The molecule has 1 aliphatic rings. The van der Waals surface area contributed by atoms with Crippen LogP contribution in [0.2, 0.25) is 0 Å². The van der Waals surface area contributed by atoms with Gasteiger partial charge in [-0.25, -0.2) is 4.39 Å². The molecule has 1 saturated heterocycles.